The van der Waals surface area contributed by atoms with Crippen LogP contribution in [0, 0.1) is 0 Å². The van der Waals surface area contributed by atoms with Crippen LogP contribution in [0.15, 0.2) is 0 Å². The van der Waals surface area contributed by atoms with Crippen molar-refractivity contribution in [3.05, 3.63) is 10.6 Å². The molecule has 0 aliphatic carbocycles. The molecule has 0 aromatic carbocycles. The molecule has 0 bridgehead atoms. The summed E-state index contributed by atoms with van der Waals surface area (Å²) in [5.74, 6) is 0.489. The number of hydrogen-bond donors (Lipinski definition) is 1. The van der Waals surface area contributed by atoms with Crippen LogP contribution >= 0.6 is 11.3 Å². The highest BCUT2D eigenvalue weighted by Crippen LogP contribution is 2.30. The molecule has 0 radical (unpaired) electrons. The Bertz CT molecular complexity index is 401. The van der Waals surface area contributed by atoms with E-state index < -0.39 is 0 Å². The predicted octanol–water partition coefficient (Wildman–Crippen LogP) is 3.15. The monoisotopic (exact) mass is 312 g/mol. The molecule has 5 heteroatoms. The van der Waals surface area contributed by atoms with Crippen molar-refractivity contribution in [3.8, 4) is 0 Å². The lowest BCUT2D eigenvalue weighted by atomic mass is 10.1. The van der Waals surface area contributed by atoms with Crippen molar-refractivity contribution < 1.29 is 0 Å². The van der Waals surface area contributed by atoms with Gasteiger partial charge in [0.1, 0.15) is 0 Å². The molecule has 1 heterocycles. The number of nitrogens with zero attached hydrogens (tertiary/aromatic N) is 3. The van der Waals surface area contributed by atoms with Crippen LogP contribution in [-0.2, 0) is 6.54 Å². The molecule has 122 valence electrons. The van der Waals surface area contributed by atoms with Gasteiger partial charge in [0.15, 0.2) is 5.13 Å². The van der Waals surface area contributed by atoms with E-state index in [9.17, 15) is 0 Å². The van der Waals surface area contributed by atoms with Crippen molar-refractivity contribution in [1.29, 1.82) is 0 Å². The zero-order valence-corrected chi connectivity index (χ0v) is 15.4. The molecule has 0 atom stereocenters. The van der Waals surface area contributed by atoms with Gasteiger partial charge in [-0.15, -0.1) is 11.3 Å². The van der Waals surface area contributed by atoms with Crippen LogP contribution in [-0.4, -0.2) is 50.7 Å². The molecule has 0 saturated carbocycles. The summed E-state index contributed by atoms with van der Waals surface area (Å²) in [6.45, 7) is 10.9. The van der Waals surface area contributed by atoms with Crippen molar-refractivity contribution >= 4 is 16.5 Å². The van der Waals surface area contributed by atoms with E-state index in [0.29, 0.717) is 5.92 Å². The highest BCUT2D eigenvalue weighted by molar-refractivity contribution is 7.15. The van der Waals surface area contributed by atoms with Crippen molar-refractivity contribution in [1.82, 2.24) is 15.2 Å². The minimum Gasteiger partial charge on any atom is -0.351 e. The summed E-state index contributed by atoms with van der Waals surface area (Å²) in [6.07, 6.45) is 2.34. The van der Waals surface area contributed by atoms with Gasteiger partial charge in [0.05, 0.1) is 5.69 Å². The molecule has 0 amide bonds. The zero-order valence-electron chi connectivity index (χ0n) is 14.6. The van der Waals surface area contributed by atoms with Crippen molar-refractivity contribution in [2.24, 2.45) is 0 Å². The Balaban J connectivity index is 2.67. The SMILES string of the molecule is CCCNCc1sc(N(C)CCCN(C)C)nc1C(C)C. The average molecular weight is 313 g/mol. The van der Waals surface area contributed by atoms with E-state index >= 15 is 0 Å². The van der Waals surface area contributed by atoms with Gasteiger partial charge in [0.2, 0.25) is 0 Å². The molecule has 0 saturated heterocycles. The van der Waals surface area contributed by atoms with Gasteiger partial charge in [-0.2, -0.15) is 0 Å². The number of aromatic nitrogens is 1. The van der Waals surface area contributed by atoms with Gasteiger partial charge in [-0.3, -0.25) is 0 Å². The molecule has 4 nitrogen and oxygen atoms in total. The standard InChI is InChI=1S/C16H32N4S/c1-7-9-17-12-14-15(13(2)3)18-16(21-14)20(6)11-8-10-19(4)5/h13,17H,7-12H2,1-6H3. The van der Waals surface area contributed by atoms with Gasteiger partial charge in [0, 0.05) is 25.0 Å². The molecule has 1 aromatic heterocycles. The fraction of sp³-hybridized carbons (Fsp3) is 0.812. The first kappa shape index (κ1) is 18.4. The number of rotatable bonds is 10. The Morgan fingerprint density at radius 1 is 1.19 bits per heavy atom. The Labute approximate surface area is 134 Å². The fourth-order valence-electron chi connectivity index (χ4n) is 2.19. The van der Waals surface area contributed by atoms with Gasteiger partial charge in [0.25, 0.3) is 0 Å². The molecule has 0 unspecified atom stereocenters. The van der Waals surface area contributed by atoms with Gasteiger partial charge in [-0.05, 0) is 45.9 Å². The van der Waals surface area contributed by atoms with Crippen LogP contribution < -0.4 is 10.2 Å². The Morgan fingerprint density at radius 3 is 2.48 bits per heavy atom. The third-order valence-electron chi connectivity index (χ3n) is 3.40. The van der Waals surface area contributed by atoms with Crippen molar-refractivity contribution in [2.45, 2.75) is 46.1 Å². The van der Waals surface area contributed by atoms with E-state index in [4.69, 9.17) is 4.98 Å². The second-order valence-corrected chi connectivity index (χ2v) is 7.28. The molecule has 0 spiro atoms. The van der Waals surface area contributed by atoms with Crippen molar-refractivity contribution in [2.75, 3.05) is 45.7 Å². The van der Waals surface area contributed by atoms with Crippen LogP contribution in [0.25, 0.3) is 0 Å². The predicted molar refractivity (Wildman–Crippen MR) is 94.6 cm³/mol. The average Bonchev–Trinajstić information content (AvgIpc) is 2.83. The van der Waals surface area contributed by atoms with E-state index in [-0.39, 0.29) is 0 Å². The minimum atomic E-state index is 0.489. The lowest BCUT2D eigenvalue weighted by molar-refractivity contribution is 0.401. The van der Waals surface area contributed by atoms with E-state index in [1.54, 1.807) is 0 Å². The van der Waals surface area contributed by atoms with Gasteiger partial charge < -0.3 is 15.1 Å². The summed E-state index contributed by atoms with van der Waals surface area (Å²) >= 11 is 1.84. The molecule has 0 fully saturated rings. The number of thiazole rings is 1. The second-order valence-electron chi connectivity index (χ2n) is 6.21. The molecule has 0 aliphatic rings. The van der Waals surface area contributed by atoms with E-state index in [1.165, 1.54) is 23.4 Å². The maximum Gasteiger partial charge on any atom is 0.185 e. The van der Waals surface area contributed by atoms with Gasteiger partial charge in [-0.1, -0.05) is 20.8 Å². The fourth-order valence-corrected chi connectivity index (χ4v) is 3.36. The smallest absolute Gasteiger partial charge is 0.185 e. The van der Waals surface area contributed by atoms with Crippen LogP contribution in [0.2, 0.25) is 0 Å². The quantitative estimate of drug-likeness (QED) is 0.673. The van der Waals surface area contributed by atoms with E-state index in [1.807, 2.05) is 11.3 Å². The van der Waals surface area contributed by atoms with Crippen molar-refractivity contribution in [3.63, 3.8) is 0 Å². The number of nitrogens with one attached hydrogen (secondary N) is 1. The first-order valence-corrected chi connectivity index (χ1v) is 8.83. The van der Waals surface area contributed by atoms with Crippen LogP contribution in [0.3, 0.4) is 0 Å². The Kier molecular flexibility index (Phi) is 8.22. The van der Waals surface area contributed by atoms with E-state index in [0.717, 1.165) is 31.3 Å². The third kappa shape index (κ3) is 6.32. The maximum atomic E-state index is 4.88. The molecule has 0 aliphatic heterocycles. The highest BCUT2D eigenvalue weighted by Gasteiger charge is 2.16. The molecule has 1 rings (SSSR count). The normalized spacial score (nSPS) is 11.6. The van der Waals surface area contributed by atoms with Gasteiger partial charge >= 0.3 is 0 Å². The summed E-state index contributed by atoms with van der Waals surface area (Å²) in [6, 6.07) is 0. The largest absolute Gasteiger partial charge is 0.351 e. The molecule has 21 heavy (non-hydrogen) atoms. The number of hydrogen-bond acceptors (Lipinski definition) is 5. The zero-order chi connectivity index (χ0) is 15.8. The first-order chi connectivity index (χ1) is 9.95. The topological polar surface area (TPSA) is 31.4 Å². The Morgan fingerprint density at radius 2 is 1.90 bits per heavy atom. The molecule has 1 aromatic rings. The van der Waals surface area contributed by atoms with Crippen LogP contribution in [0.5, 0.6) is 0 Å². The summed E-state index contributed by atoms with van der Waals surface area (Å²) in [5, 5.41) is 4.66. The molecule has 1 N–H and O–H groups in total. The number of anilines is 1. The Hall–Kier alpha value is -0.650. The molecular formula is C16H32N4S. The van der Waals surface area contributed by atoms with Gasteiger partial charge in [-0.25, -0.2) is 4.98 Å². The van der Waals surface area contributed by atoms with E-state index in [2.05, 4.69) is 57.0 Å². The van der Waals surface area contributed by atoms with Crippen LogP contribution in [0.1, 0.15) is 50.1 Å². The lowest BCUT2D eigenvalue weighted by Gasteiger charge is -2.17. The van der Waals surface area contributed by atoms with Crippen LogP contribution in [0.4, 0.5) is 5.13 Å². The first-order valence-electron chi connectivity index (χ1n) is 8.01. The summed E-state index contributed by atoms with van der Waals surface area (Å²) in [7, 11) is 6.40. The summed E-state index contributed by atoms with van der Waals surface area (Å²) < 4.78 is 0. The minimum absolute atomic E-state index is 0.489. The second kappa shape index (κ2) is 9.38. The summed E-state index contributed by atoms with van der Waals surface area (Å²) in [4.78, 5) is 10.8. The molecular weight excluding hydrogens is 280 g/mol. The third-order valence-corrected chi connectivity index (χ3v) is 4.59. The summed E-state index contributed by atoms with van der Waals surface area (Å²) in [5.41, 5.74) is 1.26. The maximum absolute atomic E-state index is 4.88. The lowest BCUT2D eigenvalue weighted by Crippen LogP contribution is -2.23. The highest BCUT2D eigenvalue weighted by atomic mass is 32.1.